The molecular formula is C17H16N6OS2. The fourth-order valence-electron chi connectivity index (χ4n) is 3.11. The van der Waals surface area contributed by atoms with Gasteiger partial charge in [0.1, 0.15) is 11.1 Å². The maximum Gasteiger partial charge on any atom is 0.253 e. The van der Waals surface area contributed by atoms with Gasteiger partial charge in [-0.1, -0.05) is 11.8 Å². The Morgan fingerprint density at radius 2 is 2.27 bits per heavy atom. The van der Waals surface area contributed by atoms with E-state index in [1.165, 1.54) is 28.0 Å². The summed E-state index contributed by atoms with van der Waals surface area (Å²) in [6.07, 6.45) is 3.01. The molecule has 0 saturated heterocycles. The third-order valence-corrected chi connectivity index (χ3v) is 6.26. The average Bonchev–Trinajstić information content (AvgIpc) is 3.26. The first-order valence-corrected chi connectivity index (χ1v) is 10.0. The van der Waals surface area contributed by atoms with Crippen LogP contribution in [-0.2, 0) is 17.6 Å². The maximum absolute atomic E-state index is 12.3. The fraction of sp³-hybridized carbons (Fsp3) is 0.353. The van der Waals surface area contributed by atoms with Gasteiger partial charge in [-0.25, -0.2) is 9.50 Å². The van der Waals surface area contributed by atoms with Gasteiger partial charge in [0.15, 0.2) is 0 Å². The third-order valence-electron chi connectivity index (χ3n) is 4.22. The van der Waals surface area contributed by atoms with E-state index in [4.69, 9.17) is 0 Å². The van der Waals surface area contributed by atoms with E-state index in [2.05, 4.69) is 26.5 Å². The lowest BCUT2D eigenvalue weighted by atomic mass is 10.1. The van der Waals surface area contributed by atoms with Gasteiger partial charge in [-0.3, -0.25) is 4.79 Å². The molecule has 1 aliphatic rings. The van der Waals surface area contributed by atoms with Crippen molar-refractivity contribution in [3.8, 4) is 6.07 Å². The van der Waals surface area contributed by atoms with E-state index in [0.717, 1.165) is 36.2 Å². The van der Waals surface area contributed by atoms with Crippen molar-refractivity contribution in [1.29, 1.82) is 5.26 Å². The Bertz CT molecular complexity index is 1060. The van der Waals surface area contributed by atoms with Gasteiger partial charge in [-0.2, -0.15) is 10.2 Å². The molecule has 3 aromatic rings. The third kappa shape index (κ3) is 3.06. The summed E-state index contributed by atoms with van der Waals surface area (Å²) < 4.78 is 1.67. The Morgan fingerprint density at radius 1 is 1.42 bits per heavy atom. The predicted molar refractivity (Wildman–Crippen MR) is 101 cm³/mol. The number of nitriles is 1. The molecular weight excluding hydrogens is 368 g/mol. The number of thioether (sulfide) groups is 1. The number of aryl methyl sites for hydroxylation is 3. The number of amides is 1. The Hall–Kier alpha value is -2.44. The fourth-order valence-corrected chi connectivity index (χ4v) is 4.99. The van der Waals surface area contributed by atoms with Crippen molar-refractivity contribution in [3.63, 3.8) is 0 Å². The molecule has 0 atom stereocenters. The molecule has 7 nitrogen and oxygen atoms in total. The zero-order chi connectivity index (χ0) is 18.3. The van der Waals surface area contributed by atoms with Gasteiger partial charge in [0.25, 0.3) is 5.78 Å². The highest BCUT2D eigenvalue weighted by Crippen LogP contribution is 2.38. The Kier molecular flexibility index (Phi) is 4.38. The van der Waals surface area contributed by atoms with Crippen LogP contribution in [0, 0.1) is 25.2 Å². The number of nitrogens with zero attached hydrogens (tertiary/aromatic N) is 5. The van der Waals surface area contributed by atoms with Crippen LogP contribution >= 0.6 is 23.1 Å². The minimum absolute atomic E-state index is 0.161. The van der Waals surface area contributed by atoms with Crippen LogP contribution in [0.15, 0.2) is 11.2 Å². The van der Waals surface area contributed by atoms with E-state index in [9.17, 15) is 10.1 Å². The number of rotatable bonds is 4. The minimum Gasteiger partial charge on any atom is -0.316 e. The number of nitrogens with one attached hydrogen (secondary N) is 1. The van der Waals surface area contributed by atoms with Gasteiger partial charge in [0, 0.05) is 16.3 Å². The van der Waals surface area contributed by atoms with Crippen molar-refractivity contribution >= 4 is 39.8 Å². The van der Waals surface area contributed by atoms with Crippen molar-refractivity contribution in [3.05, 3.63) is 33.5 Å². The lowest BCUT2D eigenvalue weighted by Crippen LogP contribution is -2.14. The van der Waals surface area contributed by atoms with Gasteiger partial charge < -0.3 is 5.32 Å². The molecule has 0 bridgehead atoms. The van der Waals surface area contributed by atoms with Crippen molar-refractivity contribution < 1.29 is 4.79 Å². The SMILES string of the molecule is Cc1cc(C)n2nc(SCC(=O)Nc3sc4c(c3C#N)CCC4)nc2n1. The summed E-state index contributed by atoms with van der Waals surface area (Å²) in [6, 6.07) is 4.17. The van der Waals surface area contributed by atoms with Gasteiger partial charge in [0.2, 0.25) is 11.1 Å². The van der Waals surface area contributed by atoms with E-state index in [-0.39, 0.29) is 11.7 Å². The Balaban J connectivity index is 1.45. The molecule has 9 heteroatoms. The first-order chi connectivity index (χ1) is 12.5. The molecule has 0 aromatic carbocycles. The molecule has 0 fully saturated rings. The molecule has 0 spiro atoms. The lowest BCUT2D eigenvalue weighted by Gasteiger charge is -2.02. The molecule has 0 unspecified atom stereocenters. The second kappa shape index (κ2) is 6.70. The normalized spacial score (nSPS) is 13.0. The van der Waals surface area contributed by atoms with Crippen LogP contribution in [0.3, 0.4) is 0 Å². The highest BCUT2D eigenvalue weighted by molar-refractivity contribution is 7.99. The number of carbonyl (C=O) groups excluding carboxylic acids is 1. The highest BCUT2D eigenvalue weighted by atomic mass is 32.2. The Morgan fingerprint density at radius 3 is 3.08 bits per heavy atom. The van der Waals surface area contributed by atoms with E-state index < -0.39 is 0 Å². The molecule has 1 N–H and O–H groups in total. The zero-order valence-electron chi connectivity index (χ0n) is 14.4. The van der Waals surface area contributed by atoms with Crippen molar-refractivity contribution in [2.24, 2.45) is 0 Å². The van der Waals surface area contributed by atoms with Gasteiger partial charge in [-0.05, 0) is 44.7 Å². The molecule has 4 rings (SSSR count). The highest BCUT2D eigenvalue weighted by Gasteiger charge is 2.23. The molecule has 0 saturated carbocycles. The number of hydrogen-bond acceptors (Lipinski definition) is 7. The molecule has 0 radical (unpaired) electrons. The molecule has 0 aliphatic heterocycles. The maximum atomic E-state index is 12.3. The molecule has 26 heavy (non-hydrogen) atoms. The topological polar surface area (TPSA) is 96.0 Å². The number of fused-ring (bicyclic) bond motifs is 2. The van der Waals surface area contributed by atoms with Crippen molar-refractivity contribution in [1.82, 2.24) is 19.6 Å². The van der Waals surface area contributed by atoms with Crippen LogP contribution < -0.4 is 5.32 Å². The molecule has 3 aromatic heterocycles. The zero-order valence-corrected chi connectivity index (χ0v) is 16.0. The Labute approximate surface area is 158 Å². The number of aromatic nitrogens is 4. The largest absolute Gasteiger partial charge is 0.316 e. The quantitative estimate of drug-likeness (QED) is 0.695. The van der Waals surface area contributed by atoms with Crippen LogP contribution in [-0.4, -0.2) is 31.2 Å². The lowest BCUT2D eigenvalue weighted by molar-refractivity contribution is -0.113. The molecule has 1 amide bonds. The number of hydrogen-bond donors (Lipinski definition) is 1. The van der Waals surface area contributed by atoms with Crippen LogP contribution in [0.2, 0.25) is 0 Å². The van der Waals surface area contributed by atoms with Crippen LogP contribution in [0.4, 0.5) is 5.00 Å². The van der Waals surface area contributed by atoms with Gasteiger partial charge in [-0.15, -0.1) is 16.4 Å². The second-order valence-electron chi connectivity index (χ2n) is 6.16. The molecule has 3 heterocycles. The standard InChI is InChI=1S/C17H16N6OS2/c1-9-6-10(2)23-16(19-9)21-17(22-23)25-8-14(24)20-15-12(7-18)11-4-3-5-13(11)26-15/h6H,3-5,8H2,1-2H3,(H,20,24). The first-order valence-electron chi connectivity index (χ1n) is 8.23. The van der Waals surface area contributed by atoms with Gasteiger partial charge in [0.05, 0.1) is 11.3 Å². The van der Waals surface area contributed by atoms with E-state index in [0.29, 0.717) is 21.5 Å². The second-order valence-corrected chi connectivity index (χ2v) is 8.20. The van der Waals surface area contributed by atoms with Crippen molar-refractivity contribution in [2.45, 2.75) is 38.3 Å². The van der Waals surface area contributed by atoms with Crippen LogP contribution in [0.5, 0.6) is 0 Å². The van der Waals surface area contributed by atoms with Crippen LogP contribution in [0.1, 0.15) is 33.8 Å². The smallest absolute Gasteiger partial charge is 0.253 e. The van der Waals surface area contributed by atoms with Crippen molar-refractivity contribution in [2.75, 3.05) is 11.1 Å². The number of thiophene rings is 1. The summed E-state index contributed by atoms with van der Waals surface area (Å²) in [5.74, 6) is 0.556. The van der Waals surface area contributed by atoms with E-state index >= 15 is 0 Å². The average molecular weight is 384 g/mol. The minimum atomic E-state index is -0.161. The number of carbonyl (C=O) groups is 1. The first kappa shape index (κ1) is 17.0. The van der Waals surface area contributed by atoms with E-state index in [1.807, 2.05) is 19.9 Å². The monoisotopic (exact) mass is 384 g/mol. The molecule has 132 valence electrons. The van der Waals surface area contributed by atoms with Crippen LogP contribution in [0.25, 0.3) is 5.78 Å². The summed E-state index contributed by atoms with van der Waals surface area (Å²) in [4.78, 5) is 22.2. The number of anilines is 1. The summed E-state index contributed by atoms with van der Waals surface area (Å²) in [6.45, 7) is 3.85. The summed E-state index contributed by atoms with van der Waals surface area (Å²) >= 11 is 2.78. The summed E-state index contributed by atoms with van der Waals surface area (Å²) in [5.41, 5.74) is 3.57. The van der Waals surface area contributed by atoms with E-state index in [1.54, 1.807) is 4.52 Å². The molecule has 1 aliphatic carbocycles. The summed E-state index contributed by atoms with van der Waals surface area (Å²) in [7, 11) is 0. The van der Waals surface area contributed by atoms with Gasteiger partial charge >= 0.3 is 0 Å². The predicted octanol–water partition coefficient (Wildman–Crippen LogP) is 2.89. The summed E-state index contributed by atoms with van der Waals surface area (Å²) in [5, 5.41) is 17.8.